The largest absolute Gasteiger partial charge is 0.496 e. The normalized spacial score (nSPS) is 10.7. The molecule has 1 aromatic carbocycles. The lowest BCUT2D eigenvalue weighted by Gasteiger charge is -2.19. The van der Waals surface area contributed by atoms with E-state index in [1.807, 2.05) is 19.1 Å². The number of nitrogens with one attached hydrogen (secondary N) is 1. The van der Waals surface area contributed by atoms with Crippen LogP contribution in [0.5, 0.6) is 17.2 Å². The molecule has 0 unspecified atom stereocenters. The molecule has 27 heavy (non-hydrogen) atoms. The standard InChI is InChI=1S/C19H25BrN2O4S/c1-5-22(11-14-6-7-18(20)27-14)12-19(23)21-10-13-8-16(25-3)17(26-4)9-15(13)24-2/h6-9H,5,10-12H2,1-4H3,(H,21,23). The van der Waals surface area contributed by atoms with E-state index in [9.17, 15) is 4.79 Å². The van der Waals surface area contributed by atoms with Gasteiger partial charge in [0.1, 0.15) is 5.75 Å². The summed E-state index contributed by atoms with van der Waals surface area (Å²) in [5, 5.41) is 2.96. The van der Waals surface area contributed by atoms with Gasteiger partial charge in [0.25, 0.3) is 0 Å². The van der Waals surface area contributed by atoms with Crippen LogP contribution in [-0.4, -0.2) is 45.2 Å². The lowest BCUT2D eigenvalue weighted by Crippen LogP contribution is -2.36. The molecule has 0 bridgehead atoms. The van der Waals surface area contributed by atoms with Crippen LogP contribution in [0.2, 0.25) is 0 Å². The zero-order chi connectivity index (χ0) is 19.8. The summed E-state index contributed by atoms with van der Waals surface area (Å²) in [5.41, 5.74) is 0.828. The molecule has 2 aromatic rings. The number of nitrogens with zero attached hydrogens (tertiary/aromatic N) is 1. The molecule has 1 amide bonds. The van der Waals surface area contributed by atoms with Crippen molar-refractivity contribution < 1.29 is 19.0 Å². The number of carbonyl (C=O) groups excluding carboxylic acids is 1. The molecule has 0 aliphatic rings. The first-order valence-corrected chi connectivity index (χ1v) is 10.1. The molecule has 0 saturated heterocycles. The number of rotatable bonds is 10. The number of halogens is 1. The van der Waals surface area contributed by atoms with Crippen molar-refractivity contribution in [2.75, 3.05) is 34.4 Å². The molecular weight excluding hydrogens is 432 g/mol. The molecule has 148 valence electrons. The van der Waals surface area contributed by atoms with Crippen molar-refractivity contribution in [2.24, 2.45) is 0 Å². The number of carbonyl (C=O) groups is 1. The summed E-state index contributed by atoms with van der Waals surface area (Å²) in [4.78, 5) is 15.7. The highest BCUT2D eigenvalue weighted by Crippen LogP contribution is 2.34. The summed E-state index contributed by atoms with van der Waals surface area (Å²) in [5.74, 6) is 1.79. The number of methoxy groups -OCH3 is 3. The Kier molecular flexibility index (Phi) is 8.40. The summed E-state index contributed by atoms with van der Waals surface area (Å²) in [6, 6.07) is 7.67. The molecule has 1 aromatic heterocycles. The van der Waals surface area contributed by atoms with Crippen LogP contribution >= 0.6 is 27.3 Å². The molecule has 1 N–H and O–H groups in total. The zero-order valence-electron chi connectivity index (χ0n) is 16.0. The van der Waals surface area contributed by atoms with Gasteiger partial charge in [-0.2, -0.15) is 0 Å². The average Bonchev–Trinajstić information content (AvgIpc) is 3.09. The van der Waals surface area contributed by atoms with Crippen LogP contribution in [0.4, 0.5) is 0 Å². The van der Waals surface area contributed by atoms with Crippen molar-refractivity contribution in [2.45, 2.75) is 20.0 Å². The highest BCUT2D eigenvalue weighted by molar-refractivity contribution is 9.11. The van der Waals surface area contributed by atoms with Gasteiger partial charge >= 0.3 is 0 Å². The van der Waals surface area contributed by atoms with E-state index in [1.165, 1.54) is 4.88 Å². The maximum absolute atomic E-state index is 12.4. The molecule has 0 saturated carbocycles. The number of hydrogen-bond acceptors (Lipinski definition) is 6. The molecule has 1 heterocycles. The first-order valence-electron chi connectivity index (χ1n) is 8.52. The second-order valence-electron chi connectivity index (χ2n) is 5.80. The lowest BCUT2D eigenvalue weighted by atomic mass is 10.1. The van der Waals surface area contributed by atoms with Crippen molar-refractivity contribution in [3.63, 3.8) is 0 Å². The summed E-state index contributed by atoms with van der Waals surface area (Å²) in [7, 11) is 4.74. The van der Waals surface area contributed by atoms with E-state index in [-0.39, 0.29) is 5.91 Å². The molecule has 0 atom stereocenters. The van der Waals surface area contributed by atoms with Gasteiger partial charge in [0.15, 0.2) is 11.5 Å². The van der Waals surface area contributed by atoms with Gasteiger partial charge in [-0.05, 0) is 40.7 Å². The minimum atomic E-state index is -0.0377. The van der Waals surface area contributed by atoms with Crippen LogP contribution in [0.25, 0.3) is 0 Å². The predicted octanol–water partition coefficient (Wildman–Crippen LogP) is 3.67. The van der Waals surface area contributed by atoms with Gasteiger partial charge < -0.3 is 19.5 Å². The predicted molar refractivity (Wildman–Crippen MR) is 111 cm³/mol. The van der Waals surface area contributed by atoms with Gasteiger partial charge in [0.05, 0.1) is 31.7 Å². The second kappa shape index (κ2) is 10.5. The van der Waals surface area contributed by atoms with Gasteiger partial charge in [0, 0.05) is 29.6 Å². The van der Waals surface area contributed by atoms with Crippen molar-refractivity contribution in [3.05, 3.63) is 38.5 Å². The molecular formula is C19H25BrN2O4S. The van der Waals surface area contributed by atoms with Gasteiger partial charge in [-0.3, -0.25) is 9.69 Å². The quantitative estimate of drug-likeness (QED) is 0.590. The van der Waals surface area contributed by atoms with Gasteiger partial charge in [-0.25, -0.2) is 0 Å². The van der Waals surface area contributed by atoms with Crippen molar-refractivity contribution in [1.29, 1.82) is 0 Å². The molecule has 0 aliphatic carbocycles. The van der Waals surface area contributed by atoms with E-state index in [0.717, 1.165) is 22.4 Å². The Bertz CT molecular complexity index is 766. The SMILES string of the molecule is CCN(CC(=O)NCc1cc(OC)c(OC)cc1OC)Cc1ccc(Br)s1. The number of ether oxygens (including phenoxy) is 3. The smallest absolute Gasteiger partial charge is 0.234 e. The molecule has 0 spiro atoms. The average molecular weight is 457 g/mol. The van der Waals surface area contributed by atoms with E-state index in [0.29, 0.717) is 30.3 Å². The van der Waals surface area contributed by atoms with Crippen LogP contribution in [0.15, 0.2) is 28.1 Å². The second-order valence-corrected chi connectivity index (χ2v) is 8.35. The van der Waals surface area contributed by atoms with E-state index in [4.69, 9.17) is 14.2 Å². The van der Waals surface area contributed by atoms with Crippen molar-refractivity contribution in [1.82, 2.24) is 10.2 Å². The Labute approximate surface area is 172 Å². The zero-order valence-corrected chi connectivity index (χ0v) is 18.4. The van der Waals surface area contributed by atoms with Crippen LogP contribution in [0, 0.1) is 0 Å². The van der Waals surface area contributed by atoms with Crippen LogP contribution in [-0.2, 0) is 17.9 Å². The maximum atomic E-state index is 12.4. The van der Waals surface area contributed by atoms with E-state index < -0.39 is 0 Å². The number of hydrogen-bond donors (Lipinski definition) is 1. The topological polar surface area (TPSA) is 60.0 Å². The van der Waals surface area contributed by atoms with Gasteiger partial charge in [-0.1, -0.05) is 6.92 Å². The van der Waals surface area contributed by atoms with Crippen LogP contribution in [0.3, 0.4) is 0 Å². The summed E-state index contributed by atoms with van der Waals surface area (Å²) < 4.78 is 17.1. The fraction of sp³-hybridized carbons (Fsp3) is 0.421. The fourth-order valence-electron chi connectivity index (χ4n) is 2.62. The van der Waals surface area contributed by atoms with E-state index >= 15 is 0 Å². The highest BCUT2D eigenvalue weighted by atomic mass is 79.9. The number of thiophene rings is 1. The highest BCUT2D eigenvalue weighted by Gasteiger charge is 2.14. The number of amides is 1. The summed E-state index contributed by atoms with van der Waals surface area (Å²) in [6.45, 7) is 4.28. The van der Waals surface area contributed by atoms with Gasteiger partial charge in [-0.15, -0.1) is 11.3 Å². The third kappa shape index (κ3) is 6.12. The molecule has 0 fully saturated rings. The lowest BCUT2D eigenvalue weighted by molar-refractivity contribution is -0.122. The third-order valence-corrected chi connectivity index (χ3v) is 5.69. The monoisotopic (exact) mass is 456 g/mol. The van der Waals surface area contributed by atoms with E-state index in [2.05, 4.69) is 32.2 Å². The minimum Gasteiger partial charge on any atom is -0.496 e. The van der Waals surface area contributed by atoms with Crippen molar-refractivity contribution >= 4 is 33.2 Å². The van der Waals surface area contributed by atoms with Crippen LogP contribution in [0.1, 0.15) is 17.4 Å². The minimum absolute atomic E-state index is 0.0377. The Morgan fingerprint density at radius 1 is 1.11 bits per heavy atom. The van der Waals surface area contributed by atoms with Gasteiger partial charge in [0.2, 0.25) is 5.91 Å². The molecule has 8 heteroatoms. The number of benzene rings is 1. The third-order valence-electron chi connectivity index (χ3n) is 4.09. The molecule has 2 rings (SSSR count). The first-order chi connectivity index (χ1) is 13.0. The summed E-state index contributed by atoms with van der Waals surface area (Å²) >= 11 is 5.15. The summed E-state index contributed by atoms with van der Waals surface area (Å²) in [6.07, 6.45) is 0. The maximum Gasteiger partial charge on any atom is 0.234 e. The molecule has 0 aliphatic heterocycles. The van der Waals surface area contributed by atoms with Crippen molar-refractivity contribution in [3.8, 4) is 17.2 Å². The molecule has 0 radical (unpaired) electrons. The number of likely N-dealkylation sites (N-methyl/N-ethyl adjacent to an activating group) is 1. The fourth-order valence-corrected chi connectivity index (χ4v) is 4.15. The Hall–Kier alpha value is -1.77. The van der Waals surface area contributed by atoms with Crippen LogP contribution < -0.4 is 19.5 Å². The Balaban J connectivity index is 1.97. The Morgan fingerprint density at radius 2 is 1.78 bits per heavy atom. The first kappa shape index (κ1) is 21.5. The van der Waals surface area contributed by atoms with E-state index in [1.54, 1.807) is 38.7 Å². The Morgan fingerprint density at radius 3 is 2.33 bits per heavy atom. The molecule has 6 nitrogen and oxygen atoms in total.